The lowest BCUT2D eigenvalue weighted by Crippen LogP contribution is -2.50. The van der Waals surface area contributed by atoms with Crippen molar-refractivity contribution >= 4 is 33.4 Å². The van der Waals surface area contributed by atoms with Gasteiger partial charge in [0.2, 0.25) is 0 Å². The van der Waals surface area contributed by atoms with Gasteiger partial charge in [-0.2, -0.15) is 0 Å². The van der Waals surface area contributed by atoms with Crippen LogP contribution < -0.4 is 4.72 Å². The average molecular weight is 478 g/mol. The van der Waals surface area contributed by atoms with E-state index in [4.69, 9.17) is 4.74 Å². The summed E-state index contributed by atoms with van der Waals surface area (Å²) in [6, 6.07) is 21.0. The van der Waals surface area contributed by atoms with Crippen LogP contribution in [0.1, 0.15) is 23.2 Å². The Bertz CT molecular complexity index is 1150. The number of amides is 1. The van der Waals surface area contributed by atoms with Gasteiger partial charge >= 0.3 is 0 Å². The molecule has 0 aromatic heterocycles. The van der Waals surface area contributed by atoms with Crippen LogP contribution in [0, 0.1) is 5.92 Å². The van der Waals surface area contributed by atoms with Gasteiger partial charge in [0.25, 0.3) is 5.91 Å². The van der Waals surface area contributed by atoms with Crippen molar-refractivity contribution in [1.82, 2.24) is 9.80 Å². The number of ether oxygens (including phenoxy) is 1. The Labute approximate surface area is 203 Å². The highest BCUT2D eigenvalue weighted by Gasteiger charge is 2.24. The largest absolute Gasteiger partial charge is 0.381 e. The first-order valence-electron chi connectivity index (χ1n) is 12.0. The molecule has 5 rings (SSSR count). The molecule has 178 valence electrons. The topological polar surface area (TPSA) is 61.9 Å². The zero-order valence-corrected chi connectivity index (χ0v) is 20.1. The zero-order valence-electron chi connectivity index (χ0n) is 19.3. The van der Waals surface area contributed by atoms with E-state index in [1.54, 1.807) is 0 Å². The van der Waals surface area contributed by atoms with Gasteiger partial charge < -0.3 is 14.4 Å². The Hall–Kier alpha value is -2.74. The highest BCUT2D eigenvalue weighted by Crippen LogP contribution is 2.23. The minimum Gasteiger partial charge on any atom is -0.381 e. The van der Waals surface area contributed by atoms with Gasteiger partial charge in [0, 0.05) is 50.6 Å². The molecular weight excluding hydrogens is 446 g/mol. The Morgan fingerprint density at radius 1 is 0.971 bits per heavy atom. The van der Waals surface area contributed by atoms with Crippen LogP contribution in [-0.4, -0.2) is 65.9 Å². The normalized spacial score (nSPS) is 20.2. The fourth-order valence-electron chi connectivity index (χ4n) is 4.83. The maximum atomic E-state index is 13.0. The molecule has 0 spiro atoms. The highest BCUT2D eigenvalue weighted by atomic mass is 32.2. The minimum atomic E-state index is -1.40. The second kappa shape index (κ2) is 10.7. The molecule has 2 aliphatic rings. The van der Waals surface area contributed by atoms with Crippen molar-refractivity contribution < 1.29 is 13.7 Å². The van der Waals surface area contributed by atoms with Gasteiger partial charge in [-0.1, -0.05) is 36.4 Å². The van der Waals surface area contributed by atoms with Crippen LogP contribution in [0.2, 0.25) is 0 Å². The molecule has 3 aromatic rings. The van der Waals surface area contributed by atoms with Gasteiger partial charge in [0.1, 0.15) is 0 Å². The number of nitrogens with one attached hydrogen (secondary N) is 1. The molecule has 0 saturated carbocycles. The number of nitrogens with zero attached hydrogens (tertiary/aromatic N) is 2. The summed E-state index contributed by atoms with van der Waals surface area (Å²) in [5.74, 6) is 0.679. The van der Waals surface area contributed by atoms with Crippen LogP contribution in [0.3, 0.4) is 0 Å². The van der Waals surface area contributed by atoms with Crippen LogP contribution in [0.5, 0.6) is 0 Å². The van der Waals surface area contributed by atoms with E-state index in [0.717, 1.165) is 73.7 Å². The summed E-state index contributed by atoms with van der Waals surface area (Å²) in [6.07, 6.45) is 2.40. The number of hydrogen-bond acceptors (Lipinski definition) is 4. The highest BCUT2D eigenvalue weighted by molar-refractivity contribution is 7.86. The fraction of sp³-hybridized carbons (Fsp3) is 0.370. The third-order valence-corrected chi connectivity index (χ3v) is 7.90. The number of carbonyl (C=O) groups excluding carboxylic acids is 1. The molecule has 3 aromatic carbocycles. The summed E-state index contributed by atoms with van der Waals surface area (Å²) in [4.78, 5) is 18.1. The first kappa shape index (κ1) is 23.0. The SMILES string of the molecule is O=C(c1ccc(NS(=O)c2cccc3ccccc23)cc1)N1CCN(CC2CCCOC2)CC1. The molecule has 1 N–H and O–H groups in total. The summed E-state index contributed by atoms with van der Waals surface area (Å²) in [6.45, 7) is 6.14. The van der Waals surface area contributed by atoms with Crippen LogP contribution >= 0.6 is 0 Å². The number of rotatable bonds is 6. The van der Waals surface area contributed by atoms with Gasteiger partial charge in [-0.25, -0.2) is 4.21 Å². The van der Waals surface area contributed by atoms with E-state index < -0.39 is 11.0 Å². The van der Waals surface area contributed by atoms with E-state index in [0.29, 0.717) is 11.5 Å². The lowest BCUT2D eigenvalue weighted by Gasteiger charge is -2.37. The molecule has 0 radical (unpaired) electrons. The Balaban J connectivity index is 1.16. The fourth-order valence-corrected chi connectivity index (χ4v) is 5.88. The van der Waals surface area contributed by atoms with Crippen molar-refractivity contribution in [1.29, 1.82) is 0 Å². The Morgan fingerprint density at radius 2 is 1.74 bits per heavy atom. The summed E-state index contributed by atoms with van der Waals surface area (Å²) >= 11 is 0. The molecule has 0 aliphatic carbocycles. The minimum absolute atomic E-state index is 0.0578. The molecule has 0 bridgehead atoms. The number of carbonyl (C=O) groups is 1. The van der Waals surface area contributed by atoms with Gasteiger partial charge in [-0.05, 0) is 59.9 Å². The van der Waals surface area contributed by atoms with Crippen molar-refractivity contribution in [2.45, 2.75) is 17.7 Å². The predicted molar refractivity (Wildman–Crippen MR) is 136 cm³/mol. The van der Waals surface area contributed by atoms with E-state index >= 15 is 0 Å². The third-order valence-electron chi connectivity index (χ3n) is 6.72. The smallest absolute Gasteiger partial charge is 0.253 e. The Morgan fingerprint density at radius 3 is 2.50 bits per heavy atom. The monoisotopic (exact) mass is 477 g/mol. The van der Waals surface area contributed by atoms with E-state index in [2.05, 4.69) is 9.62 Å². The molecule has 34 heavy (non-hydrogen) atoms. The van der Waals surface area contributed by atoms with Crippen molar-refractivity contribution in [3.63, 3.8) is 0 Å². The van der Waals surface area contributed by atoms with Crippen molar-refractivity contribution in [3.8, 4) is 0 Å². The van der Waals surface area contributed by atoms with Crippen molar-refractivity contribution in [3.05, 3.63) is 72.3 Å². The molecule has 2 aliphatic heterocycles. The van der Waals surface area contributed by atoms with Crippen LogP contribution in [0.25, 0.3) is 10.8 Å². The molecule has 6 nitrogen and oxygen atoms in total. The summed E-state index contributed by atoms with van der Waals surface area (Å²) in [7, 11) is -1.40. The molecule has 7 heteroatoms. The zero-order chi connectivity index (χ0) is 23.3. The quantitative estimate of drug-likeness (QED) is 0.579. The number of anilines is 1. The Kier molecular flexibility index (Phi) is 7.23. The number of hydrogen-bond donors (Lipinski definition) is 1. The van der Waals surface area contributed by atoms with E-state index in [9.17, 15) is 9.00 Å². The third kappa shape index (κ3) is 5.32. The lowest BCUT2D eigenvalue weighted by molar-refractivity contribution is 0.0274. The molecule has 2 heterocycles. The van der Waals surface area contributed by atoms with E-state index in [1.807, 2.05) is 71.6 Å². The summed E-state index contributed by atoms with van der Waals surface area (Å²) < 4.78 is 21.7. The molecule has 2 fully saturated rings. The first-order chi connectivity index (χ1) is 16.7. The van der Waals surface area contributed by atoms with Gasteiger partial charge in [-0.15, -0.1) is 0 Å². The molecular formula is C27H31N3O3S. The van der Waals surface area contributed by atoms with Gasteiger partial charge in [0.15, 0.2) is 11.0 Å². The molecule has 2 atom stereocenters. The second-order valence-corrected chi connectivity index (χ2v) is 10.3. The molecule has 2 unspecified atom stereocenters. The van der Waals surface area contributed by atoms with Crippen molar-refractivity contribution in [2.24, 2.45) is 5.92 Å². The van der Waals surface area contributed by atoms with Gasteiger partial charge in [-0.3, -0.25) is 9.69 Å². The maximum Gasteiger partial charge on any atom is 0.253 e. The van der Waals surface area contributed by atoms with E-state index in [1.165, 1.54) is 6.42 Å². The number of benzene rings is 3. The molecule has 1 amide bonds. The van der Waals surface area contributed by atoms with E-state index in [-0.39, 0.29) is 5.91 Å². The lowest BCUT2D eigenvalue weighted by atomic mass is 10.0. The average Bonchev–Trinajstić information content (AvgIpc) is 2.89. The molecule has 2 saturated heterocycles. The summed E-state index contributed by atoms with van der Waals surface area (Å²) in [5.41, 5.74) is 1.39. The number of fused-ring (bicyclic) bond motifs is 1. The standard InChI is InChI=1S/C27H31N3O3S/c31-27(30-16-14-29(15-17-30)19-21-5-4-18-33-20-21)23-10-12-24(13-11-23)28-34(32)26-9-3-7-22-6-1-2-8-25(22)26/h1-3,6-13,21,28H,4-5,14-20H2. The van der Waals surface area contributed by atoms with Crippen LogP contribution in [0.4, 0.5) is 5.69 Å². The van der Waals surface area contributed by atoms with Crippen molar-refractivity contribution in [2.75, 3.05) is 50.7 Å². The maximum absolute atomic E-state index is 13.0. The number of piperazine rings is 1. The van der Waals surface area contributed by atoms with Crippen LogP contribution in [-0.2, 0) is 15.7 Å². The first-order valence-corrected chi connectivity index (χ1v) is 13.2. The summed E-state index contributed by atoms with van der Waals surface area (Å²) in [5, 5.41) is 2.03. The van der Waals surface area contributed by atoms with Crippen LogP contribution in [0.15, 0.2) is 71.6 Å². The second-order valence-electron chi connectivity index (χ2n) is 9.10. The van der Waals surface area contributed by atoms with Gasteiger partial charge in [0.05, 0.1) is 11.5 Å². The predicted octanol–water partition coefficient (Wildman–Crippen LogP) is 4.16.